The fraction of sp³-hybridized carbons (Fsp3) is 1.00. The molecule has 1 fully saturated rings. The molecule has 0 aliphatic carbocycles. The first-order chi connectivity index (χ1) is 3.70. The monoisotopic (exact) mass is 118 g/mol. The van der Waals surface area contributed by atoms with Crippen molar-refractivity contribution in [3.63, 3.8) is 0 Å². The van der Waals surface area contributed by atoms with Crippen molar-refractivity contribution in [3.8, 4) is 0 Å². The van der Waals surface area contributed by atoms with Gasteiger partial charge < -0.3 is 0 Å². The van der Waals surface area contributed by atoms with Crippen LogP contribution in [0, 0.1) is 0 Å². The lowest BCUT2D eigenvalue weighted by molar-refractivity contribution is 0.261. The minimum absolute atomic E-state index is 0.227. The maximum Gasteiger partial charge on any atom is 0.116 e. The molecule has 0 bridgehead atoms. The van der Waals surface area contributed by atoms with Crippen LogP contribution in [0.1, 0.15) is 13.3 Å². The smallest absolute Gasteiger partial charge is 0.116 e. The van der Waals surface area contributed by atoms with Crippen LogP contribution in [0.3, 0.4) is 0 Å². The summed E-state index contributed by atoms with van der Waals surface area (Å²) in [6.07, 6.45) is -0.105. The normalized spacial score (nSPS) is 40.9. The van der Waals surface area contributed by atoms with Crippen LogP contribution < -0.4 is 5.84 Å². The fourth-order valence-corrected chi connectivity index (χ4v) is 0.989. The van der Waals surface area contributed by atoms with Crippen LogP contribution in [0.2, 0.25) is 0 Å². The Hall–Kier alpha value is -0.150. The topological polar surface area (TPSA) is 29.3 Å². The fourth-order valence-electron chi connectivity index (χ4n) is 0.989. The molecule has 0 amide bonds. The predicted molar refractivity (Wildman–Crippen MR) is 29.9 cm³/mol. The molecule has 0 radical (unpaired) electrons. The Balaban J connectivity index is 2.39. The lowest BCUT2D eigenvalue weighted by Crippen LogP contribution is -2.34. The Bertz CT molecular complexity index is 76.5. The molecule has 48 valence electrons. The summed E-state index contributed by atoms with van der Waals surface area (Å²) in [4.78, 5) is 0. The zero-order valence-electron chi connectivity index (χ0n) is 4.97. The summed E-state index contributed by atoms with van der Waals surface area (Å²) in [5, 5.41) is 1.55. The van der Waals surface area contributed by atoms with Crippen molar-refractivity contribution >= 4 is 0 Å². The van der Waals surface area contributed by atoms with Crippen LogP contribution in [0.5, 0.6) is 0 Å². The number of hydrogen-bond acceptors (Lipinski definition) is 2. The number of nitrogens with two attached hydrogens (primary N) is 1. The largest absolute Gasteiger partial charge is 0.268 e. The van der Waals surface area contributed by atoms with Gasteiger partial charge in [-0.2, -0.15) is 0 Å². The van der Waals surface area contributed by atoms with E-state index in [1.54, 1.807) is 5.01 Å². The summed E-state index contributed by atoms with van der Waals surface area (Å²) >= 11 is 0. The molecule has 0 aromatic rings. The molecule has 2 N–H and O–H groups in total. The highest BCUT2D eigenvalue weighted by molar-refractivity contribution is 4.77. The first kappa shape index (κ1) is 5.98. The minimum atomic E-state index is -0.699. The van der Waals surface area contributed by atoms with Gasteiger partial charge in [0, 0.05) is 12.6 Å². The number of rotatable bonds is 0. The van der Waals surface area contributed by atoms with Gasteiger partial charge in [-0.1, -0.05) is 0 Å². The van der Waals surface area contributed by atoms with Crippen molar-refractivity contribution in [1.82, 2.24) is 5.01 Å². The van der Waals surface area contributed by atoms with Gasteiger partial charge in [0.15, 0.2) is 0 Å². The molecular weight excluding hydrogens is 107 g/mol. The highest BCUT2D eigenvalue weighted by atomic mass is 19.1. The molecule has 1 aliphatic rings. The zero-order chi connectivity index (χ0) is 6.15. The van der Waals surface area contributed by atoms with E-state index in [-0.39, 0.29) is 6.04 Å². The summed E-state index contributed by atoms with van der Waals surface area (Å²) in [7, 11) is 0. The average molecular weight is 118 g/mol. The van der Waals surface area contributed by atoms with Gasteiger partial charge in [-0.15, -0.1) is 0 Å². The number of hydrogen-bond donors (Lipinski definition) is 1. The summed E-state index contributed by atoms with van der Waals surface area (Å²) in [5.74, 6) is 5.36. The van der Waals surface area contributed by atoms with Crippen LogP contribution >= 0.6 is 0 Å². The van der Waals surface area contributed by atoms with E-state index >= 15 is 0 Å². The summed E-state index contributed by atoms with van der Waals surface area (Å²) < 4.78 is 12.3. The molecule has 0 saturated carbocycles. The van der Waals surface area contributed by atoms with Crippen molar-refractivity contribution in [3.05, 3.63) is 0 Å². The Labute approximate surface area is 48.4 Å². The summed E-state index contributed by atoms with van der Waals surface area (Å²) in [6.45, 7) is 2.33. The zero-order valence-corrected chi connectivity index (χ0v) is 4.97. The Morgan fingerprint density at radius 1 is 1.75 bits per heavy atom. The molecule has 1 unspecified atom stereocenters. The van der Waals surface area contributed by atoms with Crippen molar-refractivity contribution in [1.29, 1.82) is 0 Å². The van der Waals surface area contributed by atoms with Crippen LogP contribution in [0.15, 0.2) is 0 Å². The Kier molecular flexibility index (Phi) is 1.49. The van der Waals surface area contributed by atoms with Gasteiger partial charge in [-0.05, 0) is 13.3 Å². The van der Waals surface area contributed by atoms with Gasteiger partial charge in [0.2, 0.25) is 0 Å². The third kappa shape index (κ3) is 0.980. The second-order valence-corrected chi connectivity index (χ2v) is 2.38. The van der Waals surface area contributed by atoms with E-state index < -0.39 is 6.17 Å². The number of hydrazine groups is 1. The van der Waals surface area contributed by atoms with Crippen molar-refractivity contribution < 1.29 is 4.39 Å². The first-order valence-corrected chi connectivity index (χ1v) is 2.85. The Morgan fingerprint density at radius 3 is 2.50 bits per heavy atom. The van der Waals surface area contributed by atoms with Crippen molar-refractivity contribution in [2.45, 2.75) is 25.6 Å². The molecule has 2 nitrogen and oxygen atoms in total. The molecular formula is C5H11FN2. The van der Waals surface area contributed by atoms with Gasteiger partial charge >= 0.3 is 0 Å². The van der Waals surface area contributed by atoms with Gasteiger partial charge in [0.05, 0.1) is 0 Å². The molecule has 1 aliphatic heterocycles. The predicted octanol–water partition coefficient (Wildman–Crippen LogP) is 0.292. The molecule has 0 aromatic carbocycles. The highest BCUT2D eigenvalue weighted by Gasteiger charge is 2.25. The first-order valence-electron chi connectivity index (χ1n) is 2.85. The second kappa shape index (κ2) is 1.99. The molecule has 8 heavy (non-hydrogen) atoms. The van der Waals surface area contributed by atoms with E-state index in [1.807, 2.05) is 6.92 Å². The van der Waals surface area contributed by atoms with Crippen LogP contribution in [0.25, 0.3) is 0 Å². The molecule has 1 heterocycles. The third-order valence-electron chi connectivity index (χ3n) is 1.57. The van der Waals surface area contributed by atoms with Crippen LogP contribution in [0.4, 0.5) is 4.39 Å². The lowest BCUT2D eigenvalue weighted by atomic mass is 10.2. The van der Waals surface area contributed by atoms with Crippen molar-refractivity contribution in [2.24, 2.45) is 5.84 Å². The number of alkyl halides is 1. The maximum absolute atomic E-state index is 12.3. The maximum atomic E-state index is 12.3. The molecule has 2 atom stereocenters. The lowest BCUT2D eigenvalue weighted by Gasteiger charge is -2.11. The summed E-state index contributed by atoms with van der Waals surface area (Å²) in [6, 6.07) is 0.227. The standard InChI is InChI=1S/C5H11FN2/c1-4-2-5(6)3-8(4)7/h4-5H,2-3,7H2,1H3/t4-,5?/m1/s1. The van der Waals surface area contributed by atoms with E-state index in [1.165, 1.54) is 0 Å². The van der Waals surface area contributed by atoms with Gasteiger partial charge in [0.1, 0.15) is 6.17 Å². The SMILES string of the molecule is C[C@@H]1CC(F)CN1N. The number of nitrogens with zero attached hydrogens (tertiary/aromatic N) is 1. The molecule has 1 rings (SSSR count). The minimum Gasteiger partial charge on any atom is -0.268 e. The molecule has 0 aromatic heterocycles. The average Bonchev–Trinajstić information content (AvgIpc) is 1.85. The van der Waals surface area contributed by atoms with E-state index in [0.29, 0.717) is 13.0 Å². The van der Waals surface area contributed by atoms with E-state index in [2.05, 4.69) is 0 Å². The van der Waals surface area contributed by atoms with Crippen LogP contribution in [-0.4, -0.2) is 23.8 Å². The van der Waals surface area contributed by atoms with Gasteiger partial charge in [-0.25, -0.2) is 9.40 Å². The van der Waals surface area contributed by atoms with E-state index in [0.717, 1.165) is 0 Å². The Morgan fingerprint density at radius 2 is 2.38 bits per heavy atom. The van der Waals surface area contributed by atoms with Gasteiger partial charge in [0.25, 0.3) is 0 Å². The van der Waals surface area contributed by atoms with Crippen molar-refractivity contribution in [2.75, 3.05) is 6.54 Å². The van der Waals surface area contributed by atoms with E-state index in [4.69, 9.17) is 5.84 Å². The van der Waals surface area contributed by atoms with Crippen LogP contribution in [-0.2, 0) is 0 Å². The third-order valence-corrected chi connectivity index (χ3v) is 1.57. The quantitative estimate of drug-likeness (QED) is 0.463. The molecule has 3 heteroatoms. The number of halogens is 1. The van der Waals surface area contributed by atoms with E-state index in [9.17, 15) is 4.39 Å². The second-order valence-electron chi connectivity index (χ2n) is 2.38. The molecule has 1 saturated heterocycles. The molecule has 0 spiro atoms. The summed E-state index contributed by atoms with van der Waals surface area (Å²) in [5.41, 5.74) is 0. The van der Waals surface area contributed by atoms with Gasteiger partial charge in [-0.3, -0.25) is 5.84 Å². The highest BCUT2D eigenvalue weighted by Crippen LogP contribution is 2.15.